The fourth-order valence-corrected chi connectivity index (χ4v) is 2.32. The smallest absolute Gasteiger partial charge is 0.271 e. The van der Waals surface area contributed by atoms with Crippen molar-refractivity contribution < 1.29 is 9.59 Å². The van der Waals surface area contributed by atoms with Crippen molar-refractivity contribution >= 4 is 29.3 Å². The molecule has 0 aromatic heterocycles. The van der Waals surface area contributed by atoms with Crippen molar-refractivity contribution in [3.63, 3.8) is 0 Å². The largest absolute Gasteiger partial charge is 0.326 e. The molecule has 0 spiro atoms. The van der Waals surface area contributed by atoms with E-state index in [1.807, 2.05) is 49.4 Å². The number of hydrazone groups is 1. The highest BCUT2D eigenvalue weighted by Gasteiger charge is 2.29. The van der Waals surface area contributed by atoms with Crippen molar-refractivity contribution in [2.75, 3.05) is 5.32 Å². The SMILES string of the molecule is CC(/C=C/c1ccccc1)=N\NC(=O)c1ccc(NC(=O)C2CC2)cc1. The van der Waals surface area contributed by atoms with Crippen LogP contribution in [0.25, 0.3) is 6.08 Å². The minimum atomic E-state index is -0.294. The van der Waals surface area contributed by atoms with Gasteiger partial charge in [-0.3, -0.25) is 9.59 Å². The van der Waals surface area contributed by atoms with Crippen LogP contribution in [0.15, 0.2) is 65.8 Å². The van der Waals surface area contributed by atoms with Gasteiger partial charge in [0.05, 0.1) is 5.71 Å². The van der Waals surface area contributed by atoms with Crippen LogP contribution in [0.1, 0.15) is 35.7 Å². The Hall–Kier alpha value is -3.21. The molecule has 0 aliphatic heterocycles. The summed E-state index contributed by atoms with van der Waals surface area (Å²) in [5.41, 5.74) is 5.47. The third-order valence-corrected chi connectivity index (χ3v) is 4.01. The summed E-state index contributed by atoms with van der Waals surface area (Å²) in [4.78, 5) is 23.9. The van der Waals surface area contributed by atoms with Crippen LogP contribution >= 0.6 is 0 Å². The molecule has 0 bridgehead atoms. The van der Waals surface area contributed by atoms with E-state index in [2.05, 4.69) is 15.8 Å². The first-order valence-electron chi connectivity index (χ1n) is 8.60. The van der Waals surface area contributed by atoms with E-state index in [4.69, 9.17) is 0 Å². The molecule has 2 aromatic carbocycles. The maximum absolute atomic E-state index is 12.1. The van der Waals surface area contributed by atoms with E-state index in [1.54, 1.807) is 24.3 Å². The summed E-state index contributed by atoms with van der Waals surface area (Å²) in [5, 5.41) is 6.92. The van der Waals surface area contributed by atoms with Gasteiger partial charge in [0.1, 0.15) is 0 Å². The number of hydrogen-bond acceptors (Lipinski definition) is 3. The lowest BCUT2D eigenvalue weighted by Gasteiger charge is -2.05. The first kappa shape index (κ1) is 17.6. The second-order valence-corrected chi connectivity index (χ2v) is 6.28. The molecule has 5 nitrogen and oxygen atoms in total. The lowest BCUT2D eigenvalue weighted by atomic mass is 10.2. The van der Waals surface area contributed by atoms with Crippen molar-refractivity contribution in [1.29, 1.82) is 0 Å². The van der Waals surface area contributed by atoms with Gasteiger partial charge in [-0.15, -0.1) is 0 Å². The van der Waals surface area contributed by atoms with Gasteiger partial charge >= 0.3 is 0 Å². The Labute approximate surface area is 152 Å². The van der Waals surface area contributed by atoms with Gasteiger partial charge in [0, 0.05) is 17.2 Å². The number of hydrogen-bond donors (Lipinski definition) is 2. The summed E-state index contributed by atoms with van der Waals surface area (Å²) < 4.78 is 0. The summed E-state index contributed by atoms with van der Waals surface area (Å²) >= 11 is 0. The summed E-state index contributed by atoms with van der Waals surface area (Å²) in [6.45, 7) is 1.82. The van der Waals surface area contributed by atoms with E-state index < -0.39 is 0 Å². The zero-order valence-electron chi connectivity index (χ0n) is 14.6. The van der Waals surface area contributed by atoms with Gasteiger partial charge < -0.3 is 5.32 Å². The Balaban J connectivity index is 1.53. The monoisotopic (exact) mass is 347 g/mol. The molecule has 0 heterocycles. The molecular weight excluding hydrogens is 326 g/mol. The minimum absolute atomic E-state index is 0.0487. The number of carbonyl (C=O) groups is 2. The van der Waals surface area contributed by atoms with Crippen LogP contribution in [0.5, 0.6) is 0 Å². The van der Waals surface area contributed by atoms with Gasteiger partial charge in [-0.05, 0) is 55.7 Å². The molecule has 0 unspecified atom stereocenters. The molecule has 0 radical (unpaired) electrons. The second-order valence-electron chi connectivity index (χ2n) is 6.28. The van der Waals surface area contributed by atoms with E-state index in [0.717, 1.165) is 18.4 Å². The zero-order chi connectivity index (χ0) is 18.4. The predicted molar refractivity (Wildman–Crippen MR) is 104 cm³/mol. The summed E-state index contributed by atoms with van der Waals surface area (Å²) in [6.07, 6.45) is 5.69. The Kier molecular flexibility index (Phi) is 5.59. The average Bonchev–Trinajstić information content (AvgIpc) is 3.51. The fraction of sp³-hybridized carbons (Fsp3) is 0.190. The van der Waals surface area contributed by atoms with Crippen molar-refractivity contribution in [1.82, 2.24) is 5.43 Å². The summed E-state index contributed by atoms with van der Waals surface area (Å²) in [5.74, 6) is -0.0932. The predicted octanol–water partition coefficient (Wildman–Crippen LogP) is 3.85. The number of rotatable bonds is 6. The molecule has 5 heteroatoms. The van der Waals surface area contributed by atoms with Gasteiger partial charge in [-0.2, -0.15) is 5.10 Å². The first-order valence-corrected chi connectivity index (χ1v) is 8.60. The lowest BCUT2D eigenvalue weighted by molar-refractivity contribution is -0.117. The van der Waals surface area contributed by atoms with Crippen LogP contribution in [-0.2, 0) is 4.79 Å². The average molecular weight is 347 g/mol. The highest BCUT2D eigenvalue weighted by atomic mass is 16.2. The Morgan fingerprint density at radius 3 is 2.38 bits per heavy atom. The van der Waals surface area contributed by atoms with Crippen molar-refractivity contribution in [3.05, 3.63) is 71.8 Å². The normalized spacial score (nSPS) is 14.3. The minimum Gasteiger partial charge on any atom is -0.326 e. The fourth-order valence-electron chi connectivity index (χ4n) is 2.32. The molecule has 0 atom stereocenters. The third kappa shape index (κ3) is 5.14. The number of nitrogens with zero attached hydrogens (tertiary/aromatic N) is 1. The van der Waals surface area contributed by atoms with Crippen molar-refractivity contribution in [3.8, 4) is 0 Å². The van der Waals surface area contributed by atoms with Crippen LogP contribution in [0.4, 0.5) is 5.69 Å². The Morgan fingerprint density at radius 2 is 1.73 bits per heavy atom. The topological polar surface area (TPSA) is 70.6 Å². The molecule has 1 saturated carbocycles. The number of nitrogens with one attached hydrogen (secondary N) is 2. The van der Waals surface area contributed by atoms with Crippen molar-refractivity contribution in [2.24, 2.45) is 11.0 Å². The maximum atomic E-state index is 12.1. The first-order chi connectivity index (χ1) is 12.6. The molecule has 132 valence electrons. The van der Waals surface area contributed by atoms with Gasteiger partial charge in [0.2, 0.25) is 5.91 Å². The number of anilines is 1. The molecule has 1 fully saturated rings. The molecule has 3 rings (SSSR count). The molecule has 2 aromatic rings. The highest BCUT2D eigenvalue weighted by Crippen LogP contribution is 2.30. The quantitative estimate of drug-likeness (QED) is 0.615. The van der Waals surface area contributed by atoms with Gasteiger partial charge in [-0.1, -0.05) is 36.4 Å². The van der Waals surface area contributed by atoms with Crippen molar-refractivity contribution in [2.45, 2.75) is 19.8 Å². The van der Waals surface area contributed by atoms with E-state index in [1.165, 1.54) is 0 Å². The molecule has 2 N–H and O–H groups in total. The van der Waals surface area contributed by atoms with Gasteiger partial charge in [0.25, 0.3) is 5.91 Å². The zero-order valence-corrected chi connectivity index (χ0v) is 14.6. The van der Waals surface area contributed by atoms with Crippen LogP contribution in [0, 0.1) is 5.92 Å². The number of carbonyl (C=O) groups excluding carboxylic acids is 2. The van der Waals surface area contributed by atoms with E-state index in [9.17, 15) is 9.59 Å². The molecule has 1 aliphatic carbocycles. The number of benzene rings is 2. The molecule has 26 heavy (non-hydrogen) atoms. The van der Waals surface area contributed by atoms with E-state index >= 15 is 0 Å². The standard InChI is InChI=1S/C21H21N3O2/c1-15(7-8-16-5-3-2-4-6-16)23-24-21(26)18-11-13-19(14-12-18)22-20(25)17-9-10-17/h2-8,11-14,17H,9-10H2,1H3,(H,22,25)(H,24,26)/b8-7+,23-15+. The van der Waals surface area contributed by atoms with Crippen LogP contribution in [0.2, 0.25) is 0 Å². The van der Waals surface area contributed by atoms with Gasteiger partial charge in [0.15, 0.2) is 0 Å². The van der Waals surface area contributed by atoms with E-state index in [-0.39, 0.29) is 17.7 Å². The summed E-state index contributed by atoms with van der Waals surface area (Å²) in [7, 11) is 0. The molecule has 2 amide bonds. The van der Waals surface area contributed by atoms with Crippen LogP contribution in [-0.4, -0.2) is 17.5 Å². The Morgan fingerprint density at radius 1 is 1.04 bits per heavy atom. The summed E-state index contributed by atoms with van der Waals surface area (Å²) in [6, 6.07) is 16.7. The molecule has 1 aliphatic rings. The molecule has 0 saturated heterocycles. The van der Waals surface area contributed by atoms with Crippen LogP contribution in [0.3, 0.4) is 0 Å². The Bertz CT molecular complexity index is 835. The highest BCUT2D eigenvalue weighted by molar-refractivity contribution is 5.99. The second kappa shape index (κ2) is 8.25. The number of amides is 2. The number of allylic oxidation sites excluding steroid dienone is 1. The third-order valence-electron chi connectivity index (χ3n) is 4.01. The van der Waals surface area contributed by atoms with Gasteiger partial charge in [-0.25, -0.2) is 5.43 Å². The lowest BCUT2D eigenvalue weighted by Crippen LogP contribution is -2.19. The van der Waals surface area contributed by atoms with Crippen LogP contribution < -0.4 is 10.7 Å². The maximum Gasteiger partial charge on any atom is 0.271 e. The molecular formula is C21H21N3O2. The van der Waals surface area contributed by atoms with E-state index in [0.29, 0.717) is 17.0 Å².